The Bertz CT molecular complexity index is 1200. The van der Waals surface area contributed by atoms with Crippen LogP contribution in [0.5, 0.6) is 0 Å². The van der Waals surface area contributed by atoms with E-state index >= 15 is 4.39 Å². The first kappa shape index (κ1) is 24.0. The molecule has 4 rings (SSSR count). The van der Waals surface area contributed by atoms with Crippen LogP contribution in [0.2, 0.25) is 5.02 Å². The van der Waals surface area contributed by atoms with Gasteiger partial charge in [0.1, 0.15) is 17.7 Å². The number of amides is 1. The molecule has 0 radical (unpaired) electrons. The first-order chi connectivity index (χ1) is 15.4. The molecule has 33 heavy (non-hydrogen) atoms. The smallest absolute Gasteiger partial charge is 0.283 e. The van der Waals surface area contributed by atoms with Crippen molar-refractivity contribution in [2.45, 2.75) is 37.3 Å². The van der Waals surface area contributed by atoms with Crippen molar-refractivity contribution in [1.82, 2.24) is 9.62 Å². The van der Waals surface area contributed by atoms with Crippen molar-refractivity contribution in [3.05, 3.63) is 58.6 Å². The Labute approximate surface area is 193 Å². The third kappa shape index (κ3) is 5.02. The van der Waals surface area contributed by atoms with Crippen LogP contribution in [-0.2, 0) is 21.2 Å². The maximum Gasteiger partial charge on any atom is 0.283 e. The van der Waals surface area contributed by atoms with Crippen molar-refractivity contribution in [3.8, 4) is 11.1 Å². The summed E-state index contributed by atoms with van der Waals surface area (Å²) in [5, 5.41) is 0.185. The fourth-order valence-electron chi connectivity index (χ4n) is 4.21. The first-order valence-corrected chi connectivity index (χ1v) is 12.5. The minimum absolute atomic E-state index is 0.0523. The molecule has 0 unspecified atom stereocenters. The summed E-state index contributed by atoms with van der Waals surface area (Å²) in [6.45, 7) is -0.968. The molecule has 1 N–H and O–H groups in total. The SMILES string of the molecule is CS(=O)(=O)N[C@@H]1[C@H](Cc2cccc(-c3cc(Cl)ccc3F)c2F)N(C(=O)C2CC2)CC1(F)F. The molecule has 5 nitrogen and oxygen atoms in total. The van der Waals surface area contributed by atoms with Crippen molar-refractivity contribution in [3.63, 3.8) is 0 Å². The van der Waals surface area contributed by atoms with E-state index in [1.807, 2.05) is 4.72 Å². The van der Waals surface area contributed by atoms with Crippen LogP contribution in [-0.4, -0.2) is 50.0 Å². The van der Waals surface area contributed by atoms with E-state index in [2.05, 4.69) is 0 Å². The van der Waals surface area contributed by atoms with Gasteiger partial charge >= 0.3 is 0 Å². The molecule has 1 saturated carbocycles. The predicted octanol–water partition coefficient (Wildman–Crippen LogP) is 4.00. The number of hydrogen-bond acceptors (Lipinski definition) is 3. The zero-order valence-electron chi connectivity index (χ0n) is 17.5. The molecule has 2 aromatic rings. The van der Waals surface area contributed by atoms with Crippen molar-refractivity contribution in [2.24, 2.45) is 5.92 Å². The number of rotatable bonds is 6. The number of halogens is 5. The number of nitrogens with zero attached hydrogens (tertiary/aromatic N) is 1. The van der Waals surface area contributed by atoms with Gasteiger partial charge in [0.2, 0.25) is 15.9 Å². The molecule has 2 fully saturated rings. The van der Waals surface area contributed by atoms with E-state index in [0.29, 0.717) is 12.8 Å². The third-order valence-electron chi connectivity index (χ3n) is 5.90. The fourth-order valence-corrected chi connectivity index (χ4v) is 5.17. The van der Waals surface area contributed by atoms with Gasteiger partial charge < -0.3 is 4.90 Å². The van der Waals surface area contributed by atoms with Crippen LogP contribution in [0, 0.1) is 17.6 Å². The number of carbonyl (C=O) groups excluding carboxylic acids is 1. The molecule has 0 spiro atoms. The minimum Gasteiger partial charge on any atom is -0.331 e. The van der Waals surface area contributed by atoms with E-state index in [-0.39, 0.29) is 28.1 Å². The van der Waals surface area contributed by atoms with Crippen LogP contribution in [0.3, 0.4) is 0 Å². The quantitative estimate of drug-likeness (QED) is 0.605. The van der Waals surface area contributed by atoms with Gasteiger partial charge in [-0.3, -0.25) is 4.79 Å². The van der Waals surface area contributed by atoms with Crippen LogP contribution in [0.4, 0.5) is 17.6 Å². The molecular formula is C22H21ClF4N2O3S. The predicted molar refractivity (Wildman–Crippen MR) is 115 cm³/mol. The number of hydrogen-bond donors (Lipinski definition) is 1. The van der Waals surface area contributed by atoms with Gasteiger partial charge in [0.25, 0.3) is 5.92 Å². The number of benzene rings is 2. The standard InChI is InChI=1S/C22H21ClF4N2O3S/c1-33(31,32)28-20-18(29(11-22(20,26)27)21(30)12-5-6-12)9-13-3-2-4-15(19(13)25)16-10-14(23)7-8-17(16)24/h2-4,7-8,10,12,18,20,28H,5-6,9,11H2,1H3/t18-,20+/m0/s1. The minimum atomic E-state index is -4.06. The van der Waals surface area contributed by atoms with Crippen molar-refractivity contribution >= 4 is 27.5 Å². The lowest BCUT2D eigenvalue weighted by Crippen LogP contribution is -2.52. The Hall–Kier alpha value is -2.17. The van der Waals surface area contributed by atoms with E-state index in [9.17, 15) is 26.4 Å². The average Bonchev–Trinajstić information content (AvgIpc) is 3.53. The molecule has 1 heterocycles. The van der Waals surface area contributed by atoms with Gasteiger partial charge in [-0.2, -0.15) is 0 Å². The molecule has 2 atom stereocenters. The van der Waals surface area contributed by atoms with Gasteiger partial charge in [0, 0.05) is 22.1 Å². The molecule has 1 aliphatic heterocycles. The number of alkyl halides is 2. The van der Waals surface area contributed by atoms with E-state index < -0.39 is 58.0 Å². The summed E-state index contributed by atoms with van der Waals surface area (Å²) in [5.74, 6) is -6.02. The molecule has 2 aromatic carbocycles. The summed E-state index contributed by atoms with van der Waals surface area (Å²) in [4.78, 5) is 13.7. The summed E-state index contributed by atoms with van der Waals surface area (Å²) >= 11 is 5.92. The summed E-state index contributed by atoms with van der Waals surface area (Å²) < 4.78 is 85.0. The second-order valence-electron chi connectivity index (χ2n) is 8.54. The molecule has 0 bridgehead atoms. The van der Waals surface area contributed by atoms with Gasteiger partial charge in [0.05, 0.1) is 18.8 Å². The highest BCUT2D eigenvalue weighted by Crippen LogP contribution is 2.40. The van der Waals surface area contributed by atoms with Crippen LogP contribution in [0.15, 0.2) is 36.4 Å². The van der Waals surface area contributed by atoms with Gasteiger partial charge in [0.15, 0.2) is 0 Å². The zero-order chi connectivity index (χ0) is 24.1. The summed E-state index contributed by atoms with van der Waals surface area (Å²) in [5.41, 5.74) is -0.274. The summed E-state index contributed by atoms with van der Waals surface area (Å²) in [6, 6.07) is 4.51. The van der Waals surface area contributed by atoms with Gasteiger partial charge in [-0.1, -0.05) is 29.8 Å². The fraction of sp³-hybridized carbons (Fsp3) is 0.409. The normalized spacial score (nSPS) is 22.5. The topological polar surface area (TPSA) is 66.5 Å². The van der Waals surface area contributed by atoms with Crippen LogP contribution < -0.4 is 4.72 Å². The molecule has 0 aromatic heterocycles. The van der Waals surface area contributed by atoms with Crippen LogP contribution in [0.25, 0.3) is 11.1 Å². The Morgan fingerprint density at radius 1 is 1.18 bits per heavy atom. The summed E-state index contributed by atoms with van der Waals surface area (Å²) in [7, 11) is -4.06. The van der Waals surface area contributed by atoms with Crippen molar-refractivity contribution in [1.29, 1.82) is 0 Å². The average molecular weight is 505 g/mol. The van der Waals surface area contributed by atoms with E-state index in [1.54, 1.807) is 0 Å². The van der Waals surface area contributed by atoms with Crippen molar-refractivity contribution < 1.29 is 30.8 Å². The number of carbonyl (C=O) groups is 1. The largest absolute Gasteiger partial charge is 0.331 e. The lowest BCUT2D eigenvalue weighted by molar-refractivity contribution is -0.134. The van der Waals surface area contributed by atoms with Crippen LogP contribution >= 0.6 is 11.6 Å². The first-order valence-electron chi connectivity index (χ1n) is 10.3. The molecule has 1 aliphatic carbocycles. The lowest BCUT2D eigenvalue weighted by atomic mass is 9.95. The Balaban J connectivity index is 1.74. The highest BCUT2D eigenvalue weighted by Gasteiger charge is 2.58. The lowest BCUT2D eigenvalue weighted by Gasteiger charge is -2.28. The Morgan fingerprint density at radius 3 is 2.52 bits per heavy atom. The third-order valence-corrected chi connectivity index (χ3v) is 6.82. The highest BCUT2D eigenvalue weighted by atomic mass is 35.5. The monoisotopic (exact) mass is 504 g/mol. The Kier molecular flexibility index (Phi) is 6.22. The van der Waals surface area contributed by atoms with E-state index in [4.69, 9.17) is 11.6 Å². The summed E-state index contributed by atoms with van der Waals surface area (Å²) in [6.07, 6.45) is 1.49. The van der Waals surface area contributed by atoms with Crippen LogP contribution in [0.1, 0.15) is 18.4 Å². The van der Waals surface area contributed by atoms with Crippen molar-refractivity contribution in [2.75, 3.05) is 12.8 Å². The number of sulfonamides is 1. The number of nitrogens with one attached hydrogen (secondary N) is 1. The van der Waals surface area contributed by atoms with E-state index in [0.717, 1.165) is 17.2 Å². The second-order valence-corrected chi connectivity index (χ2v) is 10.8. The molecule has 1 amide bonds. The van der Waals surface area contributed by atoms with Gasteiger partial charge in [-0.05, 0) is 43.0 Å². The maximum atomic E-state index is 15.4. The molecular weight excluding hydrogens is 484 g/mol. The van der Waals surface area contributed by atoms with E-state index in [1.165, 1.54) is 30.3 Å². The Morgan fingerprint density at radius 2 is 1.88 bits per heavy atom. The number of likely N-dealkylation sites (tertiary alicyclic amines) is 1. The second kappa shape index (κ2) is 8.56. The highest BCUT2D eigenvalue weighted by molar-refractivity contribution is 7.88. The molecule has 2 aliphatic rings. The maximum absolute atomic E-state index is 15.4. The molecule has 178 valence electrons. The molecule has 11 heteroatoms. The van der Waals surface area contributed by atoms with Gasteiger partial charge in [-0.25, -0.2) is 30.7 Å². The van der Waals surface area contributed by atoms with Gasteiger partial charge in [-0.15, -0.1) is 0 Å². The zero-order valence-corrected chi connectivity index (χ0v) is 19.1. The molecule has 1 saturated heterocycles.